The maximum absolute atomic E-state index is 14.9. The maximum Gasteiger partial charge on any atom is 0.134 e. The fourth-order valence-corrected chi connectivity index (χ4v) is 5.82. The largest absolute Gasteiger partial charge is 0.206 e. The molecule has 0 amide bonds. The number of allylic oxidation sites excluding steroid dienone is 2. The number of halogens is 1. The SMILES string of the molecule is C/C=C/CCc1ccc2cc(C#Cc3ccc(C4CCC(CCCCCCC)CC4)cc3)ccc2c1F. The van der Waals surface area contributed by atoms with E-state index in [2.05, 4.69) is 49.1 Å². The van der Waals surface area contributed by atoms with Crippen LogP contribution in [0.15, 0.2) is 66.7 Å². The van der Waals surface area contributed by atoms with E-state index in [-0.39, 0.29) is 5.82 Å². The Bertz CT molecular complexity index is 1210. The highest BCUT2D eigenvalue weighted by atomic mass is 19.1. The van der Waals surface area contributed by atoms with E-state index in [0.717, 1.165) is 40.8 Å². The summed E-state index contributed by atoms with van der Waals surface area (Å²) in [5.74, 6) is 8.15. The molecule has 1 saturated carbocycles. The van der Waals surface area contributed by atoms with Gasteiger partial charge in [-0.3, -0.25) is 0 Å². The van der Waals surface area contributed by atoms with Crippen molar-refractivity contribution in [2.75, 3.05) is 0 Å². The molecule has 1 fully saturated rings. The van der Waals surface area contributed by atoms with Gasteiger partial charge in [-0.15, -0.1) is 0 Å². The van der Waals surface area contributed by atoms with Crippen LogP contribution < -0.4 is 0 Å². The molecule has 0 aromatic heterocycles. The Morgan fingerprint density at radius 1 is 0.838 bits per heavy atom. The Labute approximate surface area is 224 Å². The molecule has 4 rings (SSSR count). The summed E-state index contributed by atoms with van der Waals surface area (Å²) in [5.41, 5.74) is 4.21. The number of hydrogen-bond donors (Lipinski definition) is 0. The van der Waals surface area contributed by atoms with Crippen LogP contribution in [-0.2, 0) is 6.42 Å². The van der Waals surface area contributed by atoms with Gasteiger partial charge >= 0.3 is 0 Å². The smallest absolute Gasteiger partial charge is 0.134 e. The van der Waals surface area contributed by atoms with Gasteiger partial charge in [0.15, 0.2) is 0 Å². The highest BCUT2D eigenvalue weighted by Gasteiger charge is 2.22. The van der Waals surface area contributed by atoms with Crippen molar-refractivity contribution in [2.24, 2.45) is 5.92 Å². The first kappa shape index (κ1) is 27.2. The maximum atomic E-state index is 14.9. The molecule has 0 spiro atoms. The van der Waals surface area contributed by atoms with Gasteiger partial charge in [0.1, 0.15) is 5.82 Å². The monoisotopic (exact) mass is 494 g/mol. The molecule has 37 heavy (non-hydrogen) atoms. The predicted molar refractivity (Wildman–Crippen MR) is 158 cm³/mol. The van der Waals surface area contributed by atoms with Gasteiger partial charge in [0, 0.05) is 16.5 Å². The van der Waals surface area contributed by atoms with Crippen LogP contribution in [0.5, 0.6) is 0 Å². The summed E-state index contributed by atoms with van der Waals surface area (Å²) in [5, 5.41) is 1.59. The zero-order valence-corrected chi connectivity index (χ0v) is 22.9. The highest BCUT2D eigenvalue weighted by molar-refractivity contribution is 5.85. The van der Waals surface area contributed by atoms with Crippen LogP contribution in [0.4, 0.5) is 4.39 Å². The van der Waals surface area contributed by atoms with Crippen LogP contribution in [0.2, 0.25) is 0 Å². The van der Waals surface area contributed by atoms with Crippen molar-refractivity contribution >= 4 is 10.8 Å². The van der Waals surface area contributed by atoms with Gasteiger partial charge in [0.2, 0.25) is 0 Å². The molecule has 1 aliphatic carbocycles. The minimum atomic E-state index is -0.0990. The van der Waals surface area contributed by atoms with Gasteiger partial charge in [0.25, 0.3) is 0 Å². The molecule has 3 aromatic carbocycles. The summed E-state index contributed by atoms with van der Waals surface area (Å²) < 4.78 is 14.9. The predicted octanol–water partition coefficient (Wildman–Crippen LogP) is 10.5. The normalized spacial score (nSPS) is 17.7. The average Bonchev–Trinajstić information content (AvgIpc) is 2.94. The fourth-order valence-electron chi connectivity index (χ4n) is 5.82. The van der Waals surface area contributed by atoms with Crippen LogP contribution in [0, 0.1) is 23.6 Å². The molecule has 0 unspecified atom stereocenters. The summed E-state index contributed by atoms with van der Waals surface area (Å²) in [6.45, 7) is 4.28. The number of hydrogen-bond acceptors (Lipinski definition) is 0. The Morgan fingerprint density at radius 2 is 1.57 bits per heavy atom. The van der Waals surface area contributed by atoms with E-state index in [1.54, 1.807) is 0 Å². The zero-order valence-electron chi connectivity index (χ0n) is 22.9. The van der Waals surface area contributed by atoms with Gasteiger partial charge in [-0.05, 0) is 98.1 Å². The van der Waals surface area contributed by atoms with Crippen molar-refractivity contribution in [3.63, 3.8) is 0 Å². The van der Waals surface area contributed by atoms with Crippen molar-refractivity contribution in [2.45, 2.75) is 96.8 Å². The first-order chi connectivity index (χ1) is 18.2. The second-order valence-electron chi connectivity index (χ2n) is 10.9. The highest BCUT2D eigenvalue weighted by Crippen LogP contribution is 2.37. The first-order valence-corrected chi connectivity index (χ1v) is 14.6. The fraction of sp³-hybridized carbons (Fsp3) is 0.444. The number of fused-ring (bicyclic) bond motifs is 1. The summed E-state index contributed by atoms with van der Waals surface area (Å²) >= 11 is 0. The second kappa shape index (κ2) is 14.2. The standard InChI is InChI=1S/C36H43F/c1-3-5-7-8-10-11-28-15-20-31(21-16-28)32-22-17-29(18-23-32)13-14-30-19-26-35-34(27-30)25-24-33(36(35)37)12-9-6-4-2/h4,6,17-19,22-28,31H,3,5,7-12,15-16,20-21H2,1-2H3/b6-4+. The zero-order chi connectivity index (χ0) is 25.9. The molecular formula is C36H43F. The van der Waals surface area contributed by atoms with Crippen molar-refractivity contribution in [3.05, 3.63) is 94.8 Å². The van der Waals surface area contributed by atoms with Crippen LogP contribution in [0.3, 0.4) is 0 Å². The summed E-state index contributed by atoms with van der Waals surface area (Å²) in [7, 11) is 0. The number of rotatable bonds is 10. The van der Waals surface area contributed by atoms with Gasteiger partial charge in [-0.1, -0.05) is 99.8 Å². The molecule has 194 valence electrons. The van der Waals surface area contributed by atoms with Crippen molar-refractivity contribution in [1.29, 1.82) is 0 Å². The minimum absolute atomic E-state index is 0.0990. The number of aryl methyl sites for hydroxylation is 1. The Morgan fingerprint density at radius 3 is 2.32 bits per heavy atom. The summed E-state index contributed by atoms with van der Waals surface area (Å²) in [6.07, 6.45) is 19.5. The average molecular weight is 495 g/mol. The molecular weight excluding hydrogens is 451 g/mol. The molecule has 0 nitrogen and oxygen atoms in total. The van der Waals surface area contributed by atoms with E-state index in [0.29, 0.717) is 11.3 Å². The third kappa shape index (κ3) is 7.82. The van der Waals surface area contributed by atoms with Crippen molar-refractivity contribution < 1.29 is 4.39 Å². The molecule has 3 aromatic rings. The van der Waals surface area contributed by atoms with Crippen molar-refractivity contribution in [1.82, 2.24) is 0 Å². The molecule has 0 N–H and O–H groups in total. The lowest BCUT2D eigenvalue weighted by atomic mass is 9.77. The van der Waals surface area contributed by atoms with Gasteiger partial charge < -0.3 is 0 Å². The van der Waals surface area contributed by atoms with Crippen LogP contribution in [0.25, 0.3) is 10.8 Å². The number of benzene rings is 3. The quantitative estimate of drug-likeness (QED) is 0.149. The third-order valence-electron chi connectivity index (χ3n) is 8.15. The van der Waals surface area contributed by atoms with E-state index < -0.39 is 0 Å². The van der Waals surface area contributed by atoms with E-state index in [1.807, 2.05) is 43.3 Å². The molecule has 1 aliphatic rings. The summed E-state index contributed by atoms with van der Waals surface area (Å²) in [6, 6.07) is 18.6. The van der Waals surface area contributed by atoms with Crippen LogP contribution in [-0.4, -0.2) is 0 Å². The van der Waals surface area contributed by atoms with Crippen LogP contribution in [0.1, 0.15) is 113 Å². The lowest BCUT2D eigenvalue weighted by molar-refractivity contribution is 0.302. The lowest BCUT2D eigenvalue weighted by Crippen LogP contribution is -2.13. The van der Waals surface area contributed by atoms with Crippen LogP contribution >= 0.6 is 0 Å². The molecule has 0 radical (unpaired) electrons. The lowest BCUT2D eigenvalue weighted by Gasteiger charge is -2.29. The molecule has 0 heterocycles. The molecule has 0 atom stereocenters. The Hall–Kier alpha value is -2.85. The second-order valence-corrected chi connectivity index (χ2v) is 10.9. The van der Waals surface area contributed by atoms with Gasteiger partial charge in [-0.2, -0.15) is 0 Å². The van der Waals surface area contributed by atoms with Gasteiger partial charge in [-0.25, -0.2) is 4.39 Å². The first-order valence-electron chi connectivity index (χ1n) is 14.6. The number of unbranched alkanes of at least 4 members (excludes halogenated alkanes) is 4. The van der Waals surface area contributed by atoms with E-state index >= 15 is 0 Å². The molecule has 0 saturated heterocycles. The van der Waals surface area contributed by atoms with E-state index in [1.165, 1.54) is 69.8 Å². The van der Waals surface area contributed by atoms with E-state index in [4.69, 9.17) is 0 Å². The van der Waals surface area contributed by atoms with Gasteiger partial charge in [0.05, 0.1) is 0 Å². The third-order valence-corrected chi connectivity index (χ3v) is 8.15. The summed E-state index contributed by atoms with van der Waals surface area (Å²) in [4.78, 5) is 0. The topological polar surface area (TPSA) is 0 Å². The minimum Gasteiger partial charge on any atom is -0.206 e. The Balaban J connectivity index is 1.32. The van der Waals surface area contributed by atoms with Crippen molar-refractivity contribution in [3.8, 4) is 11.8 Å². The molecule has 1 heteroatoms. The molecule has 0 bridgehead atoms. The Kier molecular flexibility index (Phi) is 10.4. The van der Waals surface area contributed by atoms with E-state index in [9.17, 15) is 4.39 Å². The molecule has 0 aliphatic heterocycles.